The maximum atomic E-state index is 8.70. The summed E-state index contributed by atoms with van der Waals surface area (Å²) in [4.78, 5) is 2.08. The Bertz CT molecular complexity index is 386. The average Bonchev–Trinajstić information content (AvgIpc) is 2.29. The van der Waals surface area contributed by atoms with E-state index in [2.05, 4.69) is 11.0 Å². The van der Waals surface area contributed by atoms with Gasteiger partial charge in [-0.1, -0.05) is 6.07 Å². The van der Waals surface area contributed by atoms with Gasteiger partial charge in [0.25, 0.3) is 0 Å². The van der Waals surface area contributed by atoms with Crippen LogP contribution in [0.3, 0.4) is 0 Å². The van der Waals surface area contributed by atoms with Gasteiger partial charge in [-0.2, -0.15) is 5.26 Å². The largest absolute Gasteiger partial charge is 0.492 e. The van der Waals surface area contributed by atoms with Gasteiger partial charge in [0.2, 0.25) is 0 Å². The zero-order valence-corrected chi connectivity index (χ0v) is 10.4. The van der Waals surface area contributed by atoms with Gasteiger partial charge in [0.05, 0.1) is 12.0 Å². The molecule has 0 aliphatic carbocycles. The molecule has 17 heavy (non-hydrogen) atoms. The SMILES string of the molecule is CC(C#N)CN(C)CCOc1cccc(N)c1. The molecule has 1 aromatic carbocycles. The minimum atomic E-state index is 0.0485. The molecular weight excluding hydrogens is 214 g/mol. The Morgan fingerprint density at radius 2 is 2.29 bits per heavy atom. The number of hydrogen-bond acceptors (Lipinski definition) is 4. The first kappa shape index (κ1) is 13.3. The van der Waals surface area contributed by atoms with Crippen molar-refractivity contribution in [1.29, 1.82) is 5.26 Å². The molecule has 1 aromatic rings. The van der Waals surface area contributed by atoms with E-state index in [0.29, 0.717) is 12.3 Å². The number of nitrogens with two attached hydrogens (primary N) is 1. The lowest BCUT2D eigenvalue weighted by Crippen LogP contribution is -2.28. The maximum Gasteiger partial charge on any atom is 0.121 e. The lowest BCUT2D eigenvalue weighted by molar-refractivity contribution is 0.228. The molecule has 1 unspecified atom stereocenters. The van der Waals surface area contributed by atoms with Crippen LogP contribution in [0.25, 0.3) is 0 Å². The summed E-state index contributed by atoms with van der Waals surface area (Å²) < 4.78 is 5.57. The molecule has 4 nitrogen and oxygen atoms in total. The van der Waals surface area contributed by atoms with Crippen molar-refractivity contribution < 1.29 is 4.74 Å². The highest BCUT2D eigenvalue weighted by molar-refractivity contribution is 5.43. The predicted octanol–water partition coefficient (Wildman–Crippen LogP) is 1.74. The smallest absolute Gasteiger partial charge is 0.121 e. The fourth-order valence-electron chi connectivity index (χ4n) is 1.52. The second-order valence-corrected chi connectivity index (χ2v) is 4.21. The number of anilines is 1. The van der Waals surface area contributed by atoms with E-state index in [1.807, 2.05) is 32.2 Å². The Morgan fingerprint density at radius 3 is 2.94 bits per heavy atom. The summed E-state index contributed by atoms with van der Waals surface area (Å²) in [5, 5.41) is 8.70. The number of rotatable bonds is 6. The summed E-state index contributed by atoms with van der Waals surface area (Å²) in [5.74, 6) is 0.833. The Labute approximate surface area is 103 Å². The molecule has 0 spiro atoms. The summed E-state index contributed by atoms with van der Waals surface area (Å²) in [5.41, 5.74) is 6.35. The minimum absolute atomic E-state index is 0.0485. The van der Waals surface area contributed by atoms with Crippen LogP contribution in [0.2, 0.25) is 0 Å². The van der Waals surface area contributed by atoms with Crippen LogP contribution in [0.15, 0.2) is 24.3 Å². The molecule has 0 heterocycles. The van der Waals surface area contributed by atoms with Gasteiger partial charge >= 0.3 is 0 Å². The first-order chi connectivity index (χ1) is 8.11. The third-order valence-corrected chi connectivity index (χ3v) is 2.41. The van der Waals surface area contributed by atoms with Gasteiger partial charge in [-0.3, -0.25) is 0 Å². The van der Waals surface area contributed by atoms with Crippen LogP contribution in [0.5, 0.6) is 5.75 Å². The highest BCUT2D eigenvalue weighted by atomic mass is 16.5. The van der Waals surface area contributed by atoms with E-state index in [-0.39, 0.29) is 5.92 Å². The van der Waals surface area contributed by atoms with Crippen molar-refractivity contribution in [2.24, 2.45) is 5.92 Å². The second-order valence-electron chi connectivity index (χ2n) is 4.21. The standard InChI is InChI=1S/C13H19N3O/c1-11(9-14)10-16(2)6-7-17-13-5-3-4-12(15)8-13/h3-5,8,11H,6-7,10,15H2,1-2H3. The molecule has 0 aliphatic heterocycles. The van der Waals surface area contributed by atoms with Crippen LogP contribution in [-0.2, 0) is 0 Å². The quantitative estimate of drug-likeness (QED) is 0.760. The summed E-state index contributed by atoms with van der Waals surface area (Å²) in [6.45, 7) is 4.06. The average molecular weight is 233 g/mol. The van der Waals surface area contributed by atoms with E-state index in [4.69, 9.17) is 15.7 Å². The van der Waals surface area contributed by atoms with Crippen molar-refractivity contribution in [3.05, 3.63) is 24.3 Å². The molecule has 1 atom stereocenters. The van der Waals surface area contributed by atoms with Gasteiger partial charge in [0.15, 0.2) is 0 Å². The first-order valence-electron chi connectivity index (χ1n) is 5.68. The molecule has 2 N–H and O–H groups in total. The second kappa shape index (κ2) is 6.77. The van der Waals surface area contributed by atoms with Crippen LogP contribution >= 0.6 is 0 Å². The first-order valence-corrected chi connectivity index (χ1v) is 5.68. The van der Waals surface area contributed by atoms with Crippen molar-refractivity contribution in [1.82, 2.24) is 4.90 Å². The monoisotopic (exact) mass is 233 g/mol. The van der Waals surface area contributed by atoms with Gasteiger partial charge in [-0.15, -0.1) is 0 Å². The van der Waals surface area contributed by atoms with Gasteiger partial charge < -0.3 is 15.4 Å². The van der Waals surface area contributed by atoms with Gasteiger partial charge in [-0.25, -0.2) is 0 Å². The number of hydrogen-bond donors (Lipinski definition) is 1. The Morgan fingerprint density at radius 1 is 1.53 bits per heavy atom. The van der Waals surface area contributed by atoms with Crippen molar-refractivity contribution >= 4 is 5.69 Å². The van der Waals surface area contributed by atoms with Crippen LogP contribution in [-0.4, -0.2) is 31.6 Å². The van der Waals surface area contributed by atoms with E-state index in [9.17, 15) is 0 Å². The molecule has 0 amide bonds. The highest BCUT2D eigenvalue weighted by Gasteiger charge is 2.04. The molecule has 92 valence electrons. The van der Waals surface area contributed by atoms with E-state index in [1.54, 1.807) is 6.07 Å². The van der Waals surface area contributed by atoms with Crippen molar-refractivity contribution in [2.75, 3.05) is 32.5 Å². The lowest BCUT2D eigenvalue weighted by Gasteiger charge is -2.17. The van der Waals surface area contributed by atoms with E-state index in [1.165, 1.54) is 0 Å². The van der Waals surface area contributed by atoms with E-state index < -0.39 is 0 Å². The lowest BCUT2D eigenvalue weighted by atomic mass is 10.2. The summed E-state index contributed by atoms with van der Waals surface area (Å²) in [6, 6.07) is 9.59. The molecule has 0 fully saturated rings. The number of benzene rings is 1. The maximum absolute atomic E-state index is 8.70. The molecule has 4 heteroatoms. The van der Waals surface area contributed by atoms with E-state index >= 15 is 0 Å². The van der Waals surface area contributed by atoms with Gasteiger partial charge in [0.1, 0.15) is 12.4 Å². The van der Waals surface area contributed by atoms with Crippen LogP contribution in [0.1, 0.15) is 6.92 Å². The number of nitriles is 1. The van der Waals surface area contributed by atoms with Crippen molar-refractivity contribution in [3.8, 4) is 11.8 Å². The molecular formula is C13H19N3O. The third kappa shape index (κ3) is 5.23. The minimum Gasteiger partial charge on any atom is -0.492 e. The Hall–Kier alpha value is -1.73. The summed E-state index contributed by atoms with van der Waals surface area (Å²) in [6.07, 6.45) is 0. The molecule has 1 rings (SSSR count). The zero-order valence-electron chi connectivity index (χ0n) is 10.4. The topological polar surface area (TPSA) is 62.3 Å². The molecule has 0 aromatic heterocycles. The van der Waals surface area contributed by atoms with Crippen LogP contribution in [0.4, 0.5) is 5.69 Å². The molecule has 0 bridgehead atoms. The van der Waals surface area contributed by atoms with E-state index in [0.717, 1.165) is 18.8 Å². The van der Waals surface area contributed by atoms with Gasteiger partial charge in [-0.05, 0) is 26.1 Å². The number of ether oxygens (including phenoxy) is 1. The van der Waals surface area contributed by atoms with Crippen LogP contribution < -0.4 is 10.5 Å². The molecule has 0 saturated carbocycles. The van der Waals surface area contributed by atoms with Crippen LogP contribution in [0, 0.1) is 17.2 Å². The normalized spacial score (nSPS) is 12.1. The Kier molecular flexibility index (Phi) is 5.31. The predicted molar refractivity (Wildman–Crippen MR) is 68.6 cm³/mol. The molecule has 0 saturated heterocycles. The Balaban J connectivity index is 2.26. The number of nitrogen functional groups attached to an aromatic ring is 1. The van der Waals surface area contributed by atoms with Gasteiger partial charge in [0, 0.05) is 24.8 Å². The fraction of sp³-hybridized carbons (Fsp3) is 0.462. The zero-order chi connectivity index (χ0) is 12.7. The summed E-state index contributed by atoms with van der Waals surface area (Å²) >= 11 is 0. The van der Waals surface area contributed by atoms with Crippen molar-refractivity contribution in [2.45, 2.75) is 6.92 Å². The summed E-state index contributed by atoms with van der Waals surface area (Å²) in [7, 11) is 1.98. The number of nitrogens with zero attached hydrogens (tertiary/aromatic N) is 2. The third-order valence-electron chi connectivity index (χ3n) is 2.41. The van der Waals surface area contributed by atoms with Crippen molar-refractivity contribution in [3.63, 3.8) is 0 Å². The molecule has 0 radical (unpaired) electrons. The number of likely N-dealkylation sites (N-methyl/N-ethyl adjacent to an activating group) is 1. The highest BCUT2D eigenvalue weighted by Crippen LogP contribution is 2.14. The molecule has 0 aliphatic rings. The fourth-order valence-corrected chi connectivity index (χ4v) is 1.52.